The van der Waals surface area contributed by atoms with Gasteiger partial charge in [-0.1, -0.05) is 12.1 Å². The lowest BCUT2D eigenvalue weighted by atomic mass is 10.3. The Bertz CT molecular complexity index is 437. The van der Waals surface area contributed by atoms with Gasteiger partial charge in [-0.3, -0.25) is 0 Å². The summed E-state index contributed by atoms with van der Waals surface area (Å²) in [7, 11) is 0. The molecule has 0 atom stereocenters. The van der Waals surface area contributed by atoms with Gasteiger partial charge in [-0.25, -0.2) is 4.98 Å². The Balaban J connectivity index is 2.23. The topological polar surface area (TPSA) is 58.1 Å². The summed E-state index contributed by atoms with van der Waals surface area (Å²) < 4.78 is 5.31. The van der Waals surface area contributed by atoms with E-state index >= 15 is 0 Å². The van der Waals surface area contributed by atoms with Crippen molar-refractivity contribution >= 4 is 0 Å². The van der Waals surface area contributed by atoms with Gasteiger partial charge in [0.25, 0.3) is 6.01 Å². The number of phenols is 1. The Labute approximate surface area is 81.2 Å². The minimum absolute atomic E-state index is 0.0987. The monoisotopic (exact) mass is 190 g/mol. The molecule has 72 valence electrons. The van der Waals surface area contributed by atoms with E-state index in [4.69, 9.17) is 4.74 Å². The third kappa shape index (κ3) is 1.69. The molecule has 14 heavy (non-hydrogen) atoms. The number of H-pyrrole nitrogens is 1. The van der Waals surface area contributed by atoms with Crippen molar-refractivity contribution in [3.63, 3.8) is 0 Å². The van der Waals surface area contributed by atoms with Crippen LogP contribution in [0.25, 0.3) is 0 Å². The van der Waals surface area contributed by atoms with Crippen LogP contribution in [0.3, 0.4) is 0 Å². The fraction of sp³-hybridized carbons (Fsp3) is 0.100. The second-order valence-electron chi connectivity index (χ2n) is 2.94. The standard InChI is InChI=1S/C10H10N2O2/c1-7-6-11-10(12-7)14-9-5-3-2-4-8(9)13/h2-6,13H,1H3,(H,11,12). The highest BCUT2D eigenvalue weighted by Crippen LogP contribution is 2.27. The summed E-state index contributed by atoms with van der Waals surface area (Å²) >= 11 is 0. The maximum Gasteiger partial charge on any atom is 0.299 e. The summed E-state index contributed by atoms with van der Waals surface area (Å²) in [6.07, 6.45) is 1.66. The highest BCUT2D eigenvalue weighted by atomic mass is 16.5. The Morgan fingerprint density at radius 2 is 2.14 bits per heavy atom. The van der Waals surface area contributed by atoms with Crippen LogP contribution in [0.2, 0.25) is 0 Å². The van der Waals surface area contributed by atoms with Crippen molar-refractivity contribution in [1.29, 1.82) is 0 Å². The molecule has 1 heterocycles. The number of aromatic hydroxyl groups is 1. The fourth-order valence-electron chi connectivity index (χ4n) is 1.09. The van der Waals surface area contributed by atoms with Crippen molar-refractivity contribution in [2.75, 3.05) is 0 Å². The summed E-state index contributed by atoms with van der Waals surface area (Å²) in [5.74, 6) is 0.489. The van der Waals surface area contributed by atoms with E-state index < -0.39 is 0 Å². The first-order chi connectivity index (χ1) is 6.75. The second-order valence-corrected chi connectivity index (χ2v) is 2.94. The third-order valence-corrected chi connectivity index (χ3v) is 1.75. The largest absolute Gasteiger partial charge is 0.504 e. The number of aryl methyl sites for hydroxylation is 1. The molecule has 4 heteroatoms. The average molecular weight is 190 g/mol. The van der Waals surface area contributed by atoms with Crippen LogP contribution in [0.1, 0.15) is 5.69 Å². The maximum atomic E-state index is 9.41. The Morgan fingerprint density at radius 3 is 2.79 bits per heavy atom. The van der Waals surface area contributed by atoms with Crippen molar-refractivity contribution in [3.05, 3.63) is 36.2 Å². The zero-order chi connectivity index (χ0) is 9.97. The highest BCUT2D eigenvalue weighted by molar-refractivity contribution is 5.39. The van der Waals surface area contributed by atoms with E-state index in [2.05, 4.69) is 9.97 Å². The molecule has 0 aliphatic carbocycles. The zero-order valence-electron chi connectivity index (χ0n) is 7.69. The number of nitrogens with zero attached hydrogens (tertiary/aromatic N) is 1. The number of hydrogen-bond donors (Lipinski definition) is 2. The first kappa shape index (κ1) is 8.62. The van der Waals surface area contributed by atoms with E-state index in [-0.39, 0.29) is 5.75 Å². The van der Waals surface area contributed by atoms with Gasteiger partial charge in [0.15, 0.2) is 11.5 Å². The summed E-state index contributed by atoms with van der Waals surface area (Å²) in [6.45, 7) is 1.88. The van der Waals surface area contributed by atoms with E-state index in [1.54, 1.807) is 30.5 Å². The van der Waals surface area contributed by atoms with Crippen LogP contribution < -0.4 is 4.74 Å². The summed E-state index contributed by atoms with van der Waals surface area (Å²) in [6, 6.07) is 7.13. The molecule has 0 fully saturated rings. The second kappa shape index (κ2) is 3.41. The smallest absolute Gasteiger partial charge is 0.299 e. The van der Waals surface area contributed by atoms with Gasteiger partial charge in [0.05, 0.1) is 6.20 Å². The lowest BCUT2D eigenvalue weighted by Crippen LogP contribution is -1.86. The Kier molecular flexibility index (Phi) is 2.10. The van der Waals surface area contributed by atoms with E-state index in [0.717, 1.165) is 5.69 Å². The number of para-hydroxylation sites is 2. The number of ether oxygens (including phenoxy) is 1. The van der Waals surface area contributed by atoms with E-state index in [9.17, 15) is 5.11 Å². The molecule has 0 amide bonds. The van der Waals surface area contributed by atoms with Crippen LogP contribution in [0.15, 0.2) is 30.5 Å². The van der Waals surface area contributed by atoms with Crippen LogP contribution in [0, 0.1) is 6.92 Å². The third-order valence-electron chi connectivity index (χ3n) is 1.75. The van der Waals surface area contributed by atoms with Crippen LogP contribution in [-0.2, 0) is 0 Å². The molecule has 0 saturated heterocycles. The first-order valence-corrected chi connectivity index (χ1v) is 4.23. The van der Waals surface area contributed by atoms with Gasteiger partial charge >= 0.3 is 0 Å². The molecular weight excluding hydrogens is 180 g/mol. The molecule has 0 aliphatic heterocycles. The first-order valence-electron chi connectivity index (χ1n) is 4.23. The number of rotatable bonds is 2. The van der Waals surface area contributed by atoms with Crippen molar-refractivity contribution in [2.45, 2.75) is 6.92 Å². The molecule has 4 nitrogen and oxygen atoms in total. The van der Waals surface area contributed by atoms with Gasteiger partial charge in [0, 0.05) is 5.69 Å². The predicted octanol–water partition coefficient (Wildman–Crippen LogP) is 2.22. The Hall–Kier alpha value is -1.97. The van der Waals surface area contributed by atoms with Gasteiger partial charge in [0.2, 0.25) is 0 Å². The summed E-state index contributed by atoms with van der Waals surface area (Å²) in [5.41, 5.74) is 0.912. The van der Waals surface area contributed by atoms with Crippen LogP contribution in [0.5, 0.6) is 17.5 Å². The number of aromatic nitrogens is 2. The SMILES string of the molecule is Cc1cnc(Oc2ccccc2O)[nH]1. The van der Waals surface area contributed by atoms with Crippen LogP contribution in [-0.4, -0.2) is 15.1 Å². The average Bonchev–Trinajstić information content (AvgIpc) is 2.56. The molecule has 0 unspecified atom stereocenters. The molecular formula is C10H10N2O2. The van der Waals surface area contributed by atoms with Crippen molar-refractivity contribution in [3.8, 4) is 17.5 Å². The van der Waals surface area contributed by atoms with Gasteiger partial charge in [0.1, 0.15) is 0 Å². The number of hydrogen-bond acceptors (Lipinski definition) is 3. The van der Waals surface area contributed by atoms with Gasteiger partial charge in [-0.15, -0.1) is 0 Å². The molecule has 0 spiro atoms. The number of imidazole rings is 1. The lowest BCUT2D eigenvalue weighted by molar-refractivity contribution is 0.395. The van der Waals surface area contributed by atoms with Crippen molar-refractivity contribution in [2.24, 2.45) is 0 Å². The molecule has 0 aliphatic rings. The number of phenolic OH excluding ortho intramolecular Hbond substituents is 1. The van der Waals surface area contributed by atoms with Crippen molar-refractivity contribution in [1.82, 2.24) is 9.97 Å². The molecule has 0 saturated carbocycles. The van der Waals surface area contributed by atoms with E-state index in [1.165, 1.54) is 0 Å². The van der Waals surface area contributed by atoms with Gasteiger partial charge in [-0.2, -0.15) is 0 Å². The van der Waals surface area contributed by atoms with Gasteiger partial charge < -0.3 is 14.8 Å². The molecule has 0 radical (unpaired) electrons. The lowest BCUT2D eigenvalue weighted by Gasteiger charge is -2.02. The maximum absolute atomic E-state index is 9.41. The van der Waals surface area contributed by atoms with Crippen molar-refractivity contribution < 1.29 is 9.84 Å². The molecule has 2 rings (SSSR count). The normalized spacial score (nSPS) is 10.1. The van der Waals surface area contributed by atoms with E-state index in [1.807, 2.05) is 6.92 Å². The minimum Gasteiger partial charge on any atom is -0.504 e. The summed E-state index contributed by atoms with van der Waals surface area (Å²) in [4.78, 5) is 6.87. The molecule has 1 aromatic carbocycles. The summed E-state index contributed by atoms with van der Waals surface area (Å²) in [5, 5.41) is 9.41. The molecule has 2 aromatic rings. The van der Waals surface area contributed by atoms with Gasteiger partial charge in [-0.05, 0) is 19.1 Å². The van der Waals surface area contributed by atoms with Crippen LogP contribution in [0.4, 0.5) is 0 Å². The predicted molar refractivity (Wildman–Crippen MR) is 51.5 cm³/mol. The molecule has 2 N–H and O–H groups in total. The quantitative estimate of drug-likeness (QED) is 0.763. The Morgan fingerprint density at radius 1 is 1.36 bits per heavy atom. The fourth-order valence-corrected chi connectivity index (χ4v) is 1.09. The highest BCUT2D eigenvalue weighted by Gasteiger charge is 2.04. The number of aromatic amines is 1. The number of benzene rings is 1. The molecule has 1 aromatic heterocycles. The number of nitrogens with one attached hydrogen (secondary N) is 1. The van der Waals surface area contributed by atoms with Crippen LogP contribution >= 0.6 is 0 Å². The molecule has 0 bridgehead atoms. The minimum atomic E-state index is 0.0987. The van der Waals surface area contributed by atoms with E-state index in [0.29, 0.717) is 11.8 Å². The zero-order valence-corrected chi connectivity index (χ0v) is 7.69.